The highest BCUT2D eigenvalue weighted by Gasteiger charge is 2.54. The van der Waals surface area contributed by atoms with Crippen molar-refractivity contribution in [3.63, 3.8) is 0 Å². The van der Waals surface area contributed by atoms with Crippen molar-refractivity contribution in [1.29, 1.82) is 0 Å². The Morgan fingerprint density at radius 1 is 1.22 bits per heavy atom. The number of urea groups is 1. The lowest BCUT2D eigenvalue weighted by atomic mass is 9.76. The van der Waals surface area contributed by atoms with E-state index in [0.29, 0.717) is 12.3 Å². The quantitative estimate of drug-likeness (QED) is 0.804. The van der Waals surface area contributed by atoms with E-state index in [4.69, 9.17) is 0 Å². The SMILES string of the molecule is CC1CCC(NC(=O)CN2C(=O)N[C@@]3(CCCc4ccccc43)C2=O)CC1. The molecule has 0 unspecified atom stereocenters. The minimum atomic E-state index is -1.01. The molecule has 1 atom stereocenters. The standard InChI is InChI=1S/C21H27N3O3/c1-14-8-10-16(11-9-14)22-18(25)13-24-19(26)21(23-20(24)27)12-4-6-15-5-2-3-7-17(15)21/h2-3,5,7,14,16H,4,6,8-13H2,1H3,(H,22,25)(H,23,27)/t14?,16?,21-/m1/s1. The molecule has 1 aromatic rings. The molecule has 6 nitrogen and oxygen atoms in total. The normalized spacial score (nSPS) is 30.2. The molecular weight excluding hydrogens is 342 g/mol. The molecule has 144 valence electrons. The summed E-state index contributed by atoms with van der Waals surface area (Å²) >= 11 is 0. The molecule has 1 saturated carbocycles. The molecule has 27 heavy (non-hydrogen) atoms. The van der Waals surface area contributed by atoms with Crippen LogP contribution in [0.1, 0.15) is 56.6 Å². The summed E-state index contributed by atoms with van der Waals surface area (Å²) in [7, 11) is 0. The van der Waals surface area contributed by atoms with E-state index in [1.807, 2.05) is 24.3 Å². The van der Waals surface area contributed by atoms with E-state index in [-0.39, 0.29) is 24.4 Å². The molecule has 1 heterocycles. The summed E-state index contributed by atoms with van der Waals surface area (Å²) in [6, 6.07) is 7.46. The Kier molecular flexibility index (Phi) is 4.66. The Balaban J connectivity index is 1.47. The van der Waals surface area contributed by atoms with Gasteiger partial charge in [0, 0.05) is 6.04 Å². The fraction of sp³-hybridized carbons (Fsp3) is 0.571. The second-order valence-electron chi connectivity index (χ2n) is 8.26. The molecule has 0 bridgehead atoms. The molecule has 0 radical (unpaired) electrons. The number of carbonyl (C=O) groups excluding carboxylic acids is 3. The van der Waals surface area contributed by atoms with Crippen molar-refractivity contribution in [3.05, 3.63) is 35.4 Å². The average Bonchev–Trinajstić information content (AvgIpc) is 2.89. The van der Waals surface area contributed by atoms with Gasteiger partial charge in [0.05, 0.1) is 0 Å². The number of imide groups is 1. The highest BCUT2D eigenvalue weighted by Crippen LogP contribution is 2.39. The zero-order valence-corrected chi connectivity index (χ0v) is 15.8. The van der Waals surface area contributed by atoms with Gasteiger partial charge in [-0.05, 0) is 62.0 Å². The van der Waals surface area contributed by atoms with Crippen LogP contribution in [0, 0.1) is 5.92 Å². The second-order valence-corrected chi connectivity index (χ2v) is 8.26. The highest BCUT2D eigenvalue weighted by atomic mass is 16.2. The van der Waals surface area contributed by atoms with Crippen LogP contribution in [0.5, 0.6) is 0 Å². The molecule has 1 saturated heterocycles. The summed E-state index contributed by atoms with van der Waals surface area (Å²) in [6.07, 6.45) is 6.45. The molecule has 6 heteroatoms. The fourth-order valence-electron chi connectivity index (χ4n) is 4.78. The number of nitrogens with zero attached hydrogens (tertiary/aromatic N) is 1. The Hall–Kier alpha value is -2.37. The fourth-order valence-corrected chi connectivity index (χ4v) is 4.78. The molecule has 2 fully saturated rings. The summed E-state index contributed by atoms with van der Waals surface area (Å²) in [5.41, 5.74) is 0.964. The van der Waals surface area contributed by atoms with E-state index < -0.39 is 11.6 Å². The van der Waals surface area contributed by atoms with Gasteiger partial charge >= 0.3 is 6.03 Å². The second kappa shape index (κ2) is 6.98. The summed E-state index contributed by atoms with van der Waals surface area (Å²) < 4.78 is 0. The molecule has 4 amide bonds. The van der Waals surface area contributed by atoms with Crippen LogP contribution in [0.3, 0.4) is 0 Å². The van der Waals surface area contributed by atoms with Crippen LogP contribution in [-0.4, -0.2) is 35.3 Å². The predicted molar refractivity (Wildman–Crippen MR) is 101 cm³/mol. The number of fused-ring (bicyclic) bond motifs is 2. The van der Waals surface area contributed by atoms with Crippen LogP contribution >= 0.6 is 0 Å². The zero-order valence-electron chi connectivity index (χ0n) is 15.8. The Morgan fingerprint density at radius 3 is 2.74 bits per heavy atom. The molecule has 1 spiro atoms. The van der Waals surface area contributed by atoms with E-state index in [1.54, 1.807) is 0 Å². The molecule has 2 aliphatic carbocycles. The number of nitrogens with one attached hydrogen (secondary N) is 2. The van der Waals surface area contributed by atoms with Crippen LogP contribution in [0.25, 0.3) is 0 Å². The number of benzene rings is 1. The van der Waals surface area contributed by atoms with E-state index in [0.717, 1.165) is 54.6 Å². The van der Waals surface area contributed by atoms with Crippen LogP contribution in [-0.2, 0) is 21.5 Å². The lowest BCUT2D eigenvalue weighted by molar-refractivity contribution is -0.136. The van der Waals surface area contributed by atoms with Gasteiger partial charge < -0.3 is 10.6 Å². The van der Waals surface area contributed by atoms with Crippen molar-refractivity contribution in [2.75, 3.05) is 6.54 Å². The summed E-state index contributed by atoms with van der Waals surface area (Å²) in [5.74, 6) is 0.154. The third-order valence-electron chi connectivity index (χ3n) is 6.33. The van der Waals surface area contributed by atoms with Gasteiger partial charge in [-0.3, -0.25) is 14.5 Å². The molecule has 1 aromatic carbocycles. The van der Waals surface area contributed by atoms with Crippen molar-refractivity contribution in [3.8, 4) is 0 Å². The highest BCUT2D eigenvalue weighted by molar-refractivity contribution is 6.09. The maximum absolute atomic E-state index is 13.2. The van der Waals surface area contributed by atoms with Crippen molar-refractivity contribution in [2.45, 2.75) is 63.5 Å². The van der Waals surface area contributed by atoms with E-state index in [1.165, 1.54) is 0 Å². The van der Waals surface area contributed by atoms with E-state index >= 15 is 0 Å². The predicted octanol–water partition coefficient (Wildman–Crippen LogP) is 2.46. The van der Waals surface area contributed by atoms with Gasteiger partial charge in [0.2, 0.25) is 5.91 Å². The van der Waals surface area contributed by atoms with Crippen LogP contribution in [0.4, 0.5) is 4.79 Å². The molecule has 4 rings (SSSR count). The zero-order chi connectivity index (χ0) is 19.0. The van der Waals surface area contributed by atoms with Crippen molar-refractivity contribution < 1.29 is 14.4 Å². The first-order valence-corrected chi connectivity index (χ1v) is 10.0. The molecule has 2 N–H and O–H groups in total. The molecular formula is C21H27N3O3. The Morgan fingerprint density at radius 2 is 1.96 bits per heavy atom. The largest absolute Gasteiger partial charge is 0.352 e. The van der Waals surface area contributed by atoms with Crippen LogP contribution in [0.2, 0.25) is 0 Å². The minimum Gasteiger partial charge on any atom is -0.352 e. The summed E-state index contributed by atoms with van der Waals surface area (Å²) in [5, 5.41) is 5.90. The van der Waals surface area contributed by atoms with Gasteiger partial charge in [-0.15, -0.1) is 0 Å². The van der Waals surface area contributed by atoms with Gasteiger partial charge in [0.25, 0.3) is 5.91 Å². The maximum Gasteiger partial charge on any atom is 0.325 e. The summed E-state index contributed by atoms with van der Waals surface area (Å²) in [4.78, 5) is 39.3. The van der Waals surface area contributed by atoms with E-state index in [2.05, 4.69) is 17.6 Å². The van der Waals surface area contributed by atoms with E-state index in [9.17, 15) is 14.4 Å². The monoisotopic (exact) mass is 369 g/mol. The number of hydrogen-bond acceptors (Lipinski definition) is 3. The molecule has 3 aliphatic rings. The number of hydrogen-bond donors (Lipinski definition) is 2. The first kappa shape index (κ1) is 18.0. The molecule has 1 aliphatic heterocycles. The Bertz CT molecular complexity index is 770. The number of rotatable bonds is 3. The van der Waals surface area contributed by atoms with Gasteiger partial charge in [-0.2, -0.15) is 0 Å². The maximum atomic E-state index is 13.2. The third kappa shape index (κ3) is 3.22. The number of aryl methyl sites for hydroxylation is 1. The first-order valence-electron chi connectivity index (χ1n) is 10.0. The third-order valence-corrected chi connectivity index (χ3v) is 6.33. The number of amides is 4. The van der Waals surface area contributed by atoms with Gasteiger partial charge in [-0.1, -0.05) is 31.2 Å². The topological polar surface area (TPSA) is 78.5 Å². The average molecular weight is 369 g/mol. The lowest BCUT2D eigenvalue weighted by Gasteiger charge is -2.33. The van der Waals surface area contributed by atoms with Crippen LogP contribution in [0.15, 0.2) is 24.3 Å². The van der Waals surface area contributed by atoms with Crippen molar-refractivity contribution >= 4 is 17.8 Å². The molecule has 0 aromatic heterocycles. The first-order chi connectivity index (χ1) is 13.0. The van der Waals surface area contributed by atoms with Crippen molar-refractivity contribution in [2.24, 2.45) is 5.92 Å². The smallest absolute Gasteiger partial charge is 0.325 e. The Labute approximate surface area is 159 Å². The summed E-state index contributed by atoms with van der Waals surface area (Å²) in [6.45, 7) is 2.02. The van der Waals surface area contributed by atoms with Gasteiger partial charge in [0.15, 0.2) is 0 Å². The van der Waals surface area contributed by atoms with Gasteiger partial charge in [-0.25, -0.2) is 4.79 Å². The minimum absolute atomic E-state index is 0.152. The van der Waals surface area contributed by atoms with Crippen molar-refractivity contribution in [1.82, 2.24) is 15.5 Å². The lowest BCUT2D eigenvalue weighted by Crippen LogP contribution is -2.48. The number of carbonyl (C=O) groups is 3. The van der Waals surface area contributed by atoms with Crippen LogP contribution < -0.4 is 10.6 Å². The van der Waals surface area contributed by atoms with Gasteiger partial charge in [0.1, 0.15) is 12.1 Å².